The smallest absolute Gasteiger partial charge is 0.305 e. The zero-order valence-corrected chi connectivity index (χ0v) is 11.7. The summed E-state index contributed by atoms with van der Waals surface area (Å²) in [5, 5.41) is 8.61. The fourth-order valence-electron chi connectivity index (χ4n) is 1.41. The van der Waals surface area contributed by atoms with E-state index in [0.717, 1.165) is 3.57 Å². The van der Waals surface area contributed by atoms with Gasteiger partial charge in [-0.3, -0.25) is 9.59 Å². The van der Waals surface area contributed by atoms with Gasteiger partial charge in [-0.05, 0) is 53.8 Å². The third kappa shape index (κ3) is 4.33. The van der Waals surface area contributed by atoms with Crippen molar-refractivity contribution in [2.45, 2.75) is 13.3 Å². The van der Waals surface area contributed by atoms with Crippen LogP contribution in [0.1, 0.15) is 23.7 Å². The first-order chi connectivity index (χ1) is 8.04. The van der Waals surface area contributed by atoms with Crippen molar-refractivity contribution in [3.8, 4) is 0 Å². The summed E-state index contributed by atoms with van der Waals surface area (Å²) in [4.78, 5) is 24.1. The van der Waals surface area contributed by atoms with Gasteiger partial charge in [-0.2, -0.15) is 0 Å². The molecule has 4 nitrogen and oxygen atoms in total. The molecule has 0 heterocycles. The Kier molecular flexibility index (Phi) is 5.40. The normalized spacial score (nSPS) is 10.0. The van der Waals surface area contributed by atoms with E-state index in [2.05, 4.69) is 22.6 Å². The molecule has 0 aliphatic heterocycles. The highest BCUT2D eigenvalue weighted by Crippen LogP contribution is 2.09. The molecule has 0 spiro atoms. The molecule has 92 valence electrons. The molecule has 17 heavy (non-hydrogen) atoms. The van der Waals surface area contributed by atoms with Gasteiger partial charge in [-0.15, -0.1) is 0 Å². The molecule has 5 heteroatoms. The molecule has 1 aromatic carbocycles. The minimum atomic E-state index is -0.890. The number of carbonyl (C=O) groups is 2. The Balaban J connectivity index is 2.71. The van der Waals surface area contributed by atoms with E-state index in [9.17, 15) is 9.59 Å². The molecule has 1 amide bonds. The van der Waals surface area contributed by atoms with Gasteiger partial charge in [0.2, 0.25) is 0 Å². The number of carboxylic acids is 1. The van der Waals surface area contributed by atoms with Crippen molar-refractivity contribution in [1.29, 1.82) is 0 Å². The number of hydrogen-bond acceptors (Lipinski definition) is 2. The molecular formula is C12H14INO3. The summed E-state index contributed by atoms with van der Waals surface area (Å²) in [6.07, 6.45) is -0.0239. The fourth-order valence-corrected chi connectivity index (χ4v) is 1.77. The molecule has 0 unspecified atom stereocenters. The minimum absolute atomic E-state index is 0.0239. The average molecular weight is 347 g/mol. The first kappa shape index (κ1) is 14.0. The molecule has 1 N–H and O–H groups in total. The molecule has 0 bridgehead atoms. The summed E-state index contributed by atoms with van der Waals surface area (Å²) < 4.78 is 1.06. The van der Waals surface area contributed by atoms with E-state index in [-0.39, 0.29) is 18.9 Å². The van der Waals surface area contributed by atoms with Crippen LogP contribution in [0.5, 0.6) is 0 Å². The van der Waals surface area contributed by atoms with E-state index in [1.54, 1.807) is 12.1 Å². The highest BCUT2D eigenvalue weighted by molar-refractivity contribution is 14.1. The predicted molar refractivity (Wildman–Crippen MR) is 73.0 cm³/mol. The number of rotatable bonds is 5. The number of benzene rings is 1. The van der Waals surface area contributed by atoms with Crippen molar-refractivity contribution in [3.05, 3.63) is 33.4 Å². The van der Waals surface area contributed by atoms with Gasteiger partial charge in [-0.25, -0.2) is 0 Å². The quantitative estimate of drug-likeness (QED) is 0.831. The first-order valence-electron chi connectivity index (χ1n) is 5.31. The summed E-state index contributed by atoms with van der Waals surface area (Å²) in [7, 11) is 0. The number of carboxylic acid groups (broad SMARTS) is 1. The maximum Gasteiger partial charge on any atom is 0.305 e. The van der Waals surface area contributed by atoms with E-state index < -0.39 is 5.97 Å². The van der Waals surface area contributed by atoms with Crippen molar-refractivity contribution in [2.24, 2.45) is 0 Å². The number of nitrogens with zero attached hydrogens (tertiary/aromatic N) is 1. The largest absolute Gasteiger partial charge is 0.481 e. The van der Waals surface area contributed by atoms with Gasteiger partial charge in [0.25, 0.3) is 5.91 Å². The molecule has 0 atom stereocenters. The molecule has 0 fully saturated rings. The molecule has 0 saturated carbocycles. The van der Waals surface area contributed by atoms with Gasteiger partial charge < -0.3 is 10.0 Å². The minimum Gasteiger partial charge on any atom is -0.481 e. The molecule has 0 aliphatic carbocycles. The molecule has 0 radical (unpaired) electrons. The zero-order valence-electron chi connectivity index (χ0n) is 9.52. The van der Waals surface area contributed by atoms with Crippen molar-refractivity contribution in [1.82, 2.24) is 4.90 Å². The third-order valence-electron chi connectivity index (χ3n) is 2.36. The lowest BCUT2D eigenvalue weighted by molar-refractivity contribution is -0.137. The van der Waals surface area contributed by atoms with Crippen LogP contribution in [0.15, 0.2) is 24.3 Å². The fraction of sp³-hybridized carbons (Fsp3) is 0.333. The Hall–Kier alpha value is -1.11. The van der Waals surface area contributed by atoms with Gasteiger partial charge in [-0.1, -0.05) is 0 Å². The number of amides is 1. The maximum absolute atomic E-state index is 12.0. The predicted octanol–water partition coefficient (Wildman–Crippen LogP) is 2.23. The highest BCUT2D eigenvalue weighted by Gasteiger charge is 2.14. The molecular weight excluding hydrogens is 333 g/mol. The summed E-state index contributed by atoms with van der Waals surface area (Å²) in [5.74, 6) is -1.01. The van der Waals surface area contributed by atoms with Crippen molar-refractivity contribution in [2.75, 3.05) is 13.1 Å². The van der Waals surface area contributed by atoms with Crippen LogP contribution in [0.25, 0.3) is 0 Å². The van der Waals surface area contributed by atoms with Gasteiger partial charge >= 0.3 is 5.97 Å². The lowest BCUT2D eigenvalue weighted by Crippen LogP contribution is -2.32. The Bertz CT molecular complexity index is 403. The Morgan fingerprint density at radius 3 is 2.35 bits per heavy atom. The summed E-state index contributed by atoms with van der Waals surface area (Å²) in [5.41, 5.74) is 0.595. The molecule has 0 aliphatic rings. The van der Waals surface area contributed by atoms with E-state index in [1.807, 2.05) is 19.1 Å². The van der Waals surface area contributed by atoms with Crippen molar-refractivity contribution in [3.63, 3.8) is 0 Å². The van der Waals surface area contributed by atoms with E-state index >= 15 is 0 Å². The highest BCUT2D eigenvalue weighted by atomic mass is 127. The van der Waals surface area contributed by atoms with E-state index in [1.165, 1.54) is 4.90 Å². The lowest BCUT2D eigenvalue weighted by atomic mass is 10.2. The second kappa shape index (κ2) is 6.58. The van der Waals surface area contributed by atoms with Crippen LogP contribution in [0.4, 0.5) is 0 Å². The Morgan fingerprint density at radius 2 is 1.88 bits per heavy atom. The zero-order chi connectivity index (χ0) is 12.8. The Morgan fingerprint density at radius 1 is 1.29 bits per heavy atom. The van der Waals surface area contributed by atoms with Crippen molar-refractivity contribution < 1.29 is 14.7 Å². The third-order valence-corrected chi connectivity index (χ3v) is 3.07. The van der Waals surface area contributed by atoms with Gasteiger partial charge in [0.05, 0.1) is 6.42 Å². The summed E-state index contributed by atoms with van der Waals surface area (Å²) in [6.45, 7) is 2.60. The SMILES string of the molecule is CCN(CCC(=O)O)C(=O)c1ccc(I)cc1. The van der Waals surface area contributed by atoms with Crippen LogP contribution < -0.4 is 0 Å². The first-order valence-corrected chi connectivity index (χ1v) is 6.39. The van der Waals surface area contributed by atoms with Crippen LogP contribution in [-0.4, -0.2) is 35.0 Å². The van der Waals surface area contributed by atoms with Crippen LogP contribution in [0.2, 0.25) is 0 Å². The monoisotopic (exact) mass is 347 g/mol. The summed E-state index contributed by atoms with van der Waals surface area (Å²) >= 11 is 2.17. The summed E-state index contributed by atoms with van der Waals surface area (Å²) in [6, 6.07) is 7.23. The van der Waals surface area contributed by atoms with E-state index in [0.29, 0.717) is 12.1 Å². The Labute approximate surface area is 114 Å². The molecule has 1 rings (SSSR count). The van der Waals surface area contributed by atoms with Gasteiger partial charge in [0.15, 0.2) is 0 Å². The molecule has 0 aromatic heterocycles. The second-order valence-corrected chi connectivity index (χ2v) is 4.78. The second-order valence-electron chi connectivity index (χ2n) is 3.54. The standard InChI is InChI=1S/C12H14INO3/c1-2-14(8-7-11(15)16)12(17)9-3-5-10(13)6-4-9/h3-6H,2,7-8H2,1H3,(H,15,16). The van der Waals surface area contributed by atoms with Crippen LogP contribution in [-0.2, 0) is 4.79 Å². The number of hydrogen-bond donors (Lipinski definition) is 1. The van der Waals surface area contributed by atoms with Crippen LogP contribution in [0.3, 0.4) is 0 Å². The molecule has 0 saturated heterocycles. The number of carbonyl (C=O) groups excluding carboxylic acids is 1. The molecule has 1 aromatic rings. The van der Waals surface area contributed by atoms with Gasteiger partial charge in [0, 0.05) is 22.2 Å². The van der Waals surface area contributed by atoms with E-state index in [4.69, 9.17) is 5.11 Å². The maximum atomic E-state index is 12.0. The average Bonchev–Trinajstić information content (AvgIpc) is 2.30. The lowest BCUT2D eigenvalue weighted by Gasteiger charge is -2.19. The number of aliphatic carboxylic acids is 1. The van der Waals surface area contributed by atoms with Crippen LogP contribution >= 0.6 is 22.6 Å². The number of halogens is 1. The van der Waals surface area contributed by atoms with Crippen molar-refractivity contribution >= 4 is 34.5 Å². The van der Waals surface area contributed by atoms with Gasteiger partial charge in [0.1, 0.15) is 0 Å². The van der Waals surface area contributed by atoms with Crippen LogP contribution in [0, 0.1) is 3.57 Å². The topological polar surface area (TPSA) is 57.6 Å².